The zero-order valence-electron chi connectivity index (χ0n) is 15.9. The normalized spacial score (nSPS) is 10.9. The first kappa shape index (κ1) is 17.7. The third-order valence-electron chi connectivity index (χ3n) is 5.11. The van der Waals surface area contributed by atoms with E-state index in [2.05, 4.69) is 21.4 Å². The van der Waals surface area contributed by atoms with Crippen LogP contribution in [0.5, 0.6) is 5.88 Å². The number of nitrogens with zero attached hydrogens (tertiary/aromatic N) is 3. The summed E-state index contributed by atoms with van der Waals surface area (Å²) in [6, 6.07) is 21.2. The molecule has 5 aromatic rings. The number of para-hydroxylation sites is 1. The highest BCUT2D eigenvalue weighted by molar-refractivity contribution is 6.02. The summed E-state index contributed by atoms with van der Waals surface area (Å²) in [6.45, 7) is 0.633. The van der Waals surface area contributed by atoms with Gasteiger partial charge in [0.1, 0.15) is 0 Å². The molecular formula is C24H17N5O. The van der Waals surface area contributed by atoms with E-state index in [0.717, 1.165) is 33.1 Å². The molecule has 6 nitrogen and oxygen atoms in total. The Bertz CT molecular complexity index is 1420. The Morgan fingerprint density at radius 2 is 1.83 bits per heavy atom. The fourth-order valence-corrected chi connectivity index (χ4v) is 3.65. The third kappa shape index (κ3) is 3.09. The minimum Gasteiger partial charge on any atom is -0.494 e. The molecule has 5 rings (SSSR count). The van der Waals surface area contributed by atoms with Gasteiger partial charge in [-0.25, -0.2) is 4.98 Å². The lowest BCUT2D eigenvalue weighted by atomic mass is 10.0. The van der Waals surface area contributed by atoms with Crippen molar-refractivity contribution in [3.8, 4) is 23.2 Å². The van der Waals surface area contributed by atoms with Crippen LogP contribution in [-0.2, 0) is 6.54 Å². The quantitative estimate of drug-likeness (QED) is 0.402. The van der Waals surface area contributed by atoms with Gasteiger partial charge in [-0.15, -0.1) is 0 Å². The van der Waals surface area contributed by atoms with E-state index in [4.69, 9.17) is 4.98 Å². The second-order valence-corrected chi connectivity index (χ2v) is 7.00. The summed E-state index contributed by atoms with van der Waals surface area (Å²) in [5, 5.41) is 25.1. The molecule has 0 saturated heterocycles. The first-order valence-corrected chi connectivity index (χ1v) is 9.50. The summed E-state index contributed by atoms with van der Waals surface area (Å²) in [5.41, 5.74) is 5.34. The van der Waals surface area contributed by atoms with E-state index >= 15 is 0 Å². The number of nitriles is 1. The van der Waals surface area contributed by atoms with Crippen LogP contribution in [0, 0.1) is 11.3 Å². The number of fused-ring (bicyclic) bond motifs is 2. The van der Waals surface area contributed by atoms with Gasteiger partial charge in [-0.3, -0.25) is 4.98 Å². The molecule has 3 aromatic heterocycles. The fourth-order valence-electron chi connectivity index (χ4n) is 3.65. The predicted molar refractivity (Wildman–Crippen MR) is 117 cm³/mol. The van der Waals surface area contributed by atoms with Crippen LogP contribution in [0.25, 0.3) is 33.1 Å². The Morgan fingerprint density at radius 3 is 2.67 bits per heavy atom. The van der Waals surface area contributed by atoms with E-state index in [1.165, 1.54) is 0 Å². The molecular weight excluding hydrogens is 374 g/mol. The first-order chi connectivity index (χ1) is 14.7. The number of rotatable bonds is 4. The topological polar surface area (TPSA) is 97.6 Å². The Kier molecular flexibility index (Phi) is 4.26. The number of aromatic amines is 1. The van der Waals surface area contributed by atoms with Gasteiger partial charge >= 0.3 is 0 Å². The number of H-pyrrole nitrogens is 1. The van der Waals surface area contributed by atoms with Gasteiger partial charge in [0.15, 0.2) is 5.88 Å². The second kappa shape index (κ2) is 7.22. The molecule has 0 bridgehead atoms. The van der Waals surface area contributed by atoms with Gasteiger partial charge in [-0.1, -0.05) is 18.2 Å². The van der Waals surface area contributed by atoms with Crippen molar-refractivity contribution in [2.45, 2.75) is 6.54 Å². The summed E-state index contributed by atoms with van der Waals surface area (Å²) in [5.74, 6) is 0.0305. The number of nitrogens with one attached hydrogen (secondary N) is 2. The zero-order chi connectivity index (χ0) is 20.5. The molecule has 30 heavy (non-hydrogen) atoms. The van der Waals surface area contributed by atoms with Gasteiger partial charge < -0.3 is 15.4 Å². The molecule has 0 aliphatic heterocycles. The fraction of sp³-hybridized carbons (Fsp3) is 0.0417. The molecule has 0 amide bonds. The van der Waals surface area contributed by atoms with Crippen molar-refractivity contribution in [2.24, 2.45) is 0 Å². The van der Waals surface area contributed by atoms with Gasteiger partial charge in [-0.05, 0) is 48.0 Å². The standard InChI is InChI=1S/C24H17N5O/c25-13-16-5-6-20-18(11-16)23(24(30)29-20)22-12-21(17-3-1-2-4-19(17)28-22)27-14-15-7-9-26-10-8-15/h1-12,29-30H,14H2,(H,27,28). The summed E-state index contributed by atoms with van der Waals surface area (Å²) < 4.78 is 0. The van der Waals surface area contributed by atoms with Gasteiger partial charge in [-0.2, -0.15) is 5.26 Å². The highest BCUT2D eigenvalue weighted by atomic mass is 16.3. The van der Waals surface area contributed by atoms with Crippen LogP contribution in [0.15, 0.2) is 73.1 Å². The first-order valence-electron chi connectivity index (χ1n) is 9.50. The summed E-state index contributed by atoms with van der Waals surface area (Å²) in [6.07, 6.45) is 3.54. The Morgan fingerprint density at radius 1 is 1.00 bits per heavy atom. The van der Waals surface area contributed by atoms with E-state index < -0.39 is 0 Å². The maximum absolute atomic E-state index is 10.6. The van der Waals surface area contributed by atoms with E-state index in [9.17, 15) is 10.4 Å². The Labute approximate surface area is 172 Å². The van der Waals surface area contributed by atoms with Crippen LogP contribution in [0.2, 0.25) is 0 Å². The van der Waals surface area contributed by atoms with Crippen LogP contribution in [0.1, 0.15) is 11.1 Å². The van der Waals surface area contributed by atoms with Gasteiger partial charge in [0, 0.05) is 40.9 Å². The van der Waals surface area contributed by atoms with Crippen molar-refractivity contribution in [3.63, 3.8) is 0 Å². The molecule has 6 heteroatoms. The third-order valence-corrected chi connectivity index (χ3v) is 5.11. The molecule has 3 N–H and O–H groups in total. The number of hydrogen-bond acceptors (Lipinski definition) is 5. The molecule has 0 unspecified atom stereocenters. The van der Waals surface area contributed by atoms with Crippen LogP contribution < -0.4 is 5.32 Å². The SMILES string of the molecule is N#Cc1ccc2[nH]c(O)c(-c3cc(NCc4ccncc4)c4ccccc4n3)c2c1. The van der Waals surface area contributed by atoms with Crippen LogP contribution in [0.3, 0.4) is 0 Å². The van der Waals surface area contributed by atoms with E-state index in [0.29, 0.717) is 23.4 Å². The van der Waals surface area contributed by atoms with E-state index in [1.54, 1.807) is 30.6 Å². The Balaban J connectivity index is 1.66. The average Bonchev–Trinajstić information content (AvgIpc) is 3.12. The molecule has 3 heterocycles. The van der Waals surface area contributed by atoms with Crippen molar-refractivity contribution >= 4 is 27.5 Å². The molecule has 0 atom stereocenters. The van der Waals surface area contributed by atoms with Crippen LogP contribution in [-0.4, -0.2) is 20.1 Å². The molecule has 0 fully saturated rings. The molecule has 2 aromatic carbocycles. The average molecular weight is 391 g/mol. The molecule has 0 aliphatic rings. The summed E-state index contributed by atoms with van der Waals surface area (Å²) in [4.78, 5) is 11.8. The maximum atomic E-state index is 10.6. The number of aromatic nitrogens is 3. The van der Waals surface area contributed by atoms with E-state index in [1.807, 2.05) is 42.5 Å². The van der Waals surface area contributed by atoms with Crippen molar-refractivity contribution in [1.29, 1.82) is 5.26 Å². The zero-order valence-corrected chi connectivity index (χ0v) is 15.9. The lowest BCUT2D eigenvalue weighted by Gasteiger charge is -2.12. The summed E-state index contributed by atoms with van der Waals surface area (Å²) in [7, 11) is 0. The van der Waals surface area contributed by atoms with Gasteiger partial charge in [0.25, 0.3) is 0 Å². The number of hydrogen-bond donors (Lipinski definition) is 3. The number of anilines is 1. The molecule has 144 valence electrons. The van der Waals surface area contributed by atoms with Crippen molar-refractivity contribution in [3.05, 3.63) is 84.2 Å². The second-order valence-electron chi connectivity index (χ2n) is 7.00. The van der Waals surface area contributed by atoms with Crippen molar-refractivity contribution in [2.75, 3.05) is 5.32 Å². The van der Waals surface area contributed by atoms with Crippen LogP contribution in [0.4, 0.5) is 5.69 Å². The molecule has 0 spiro atoms. The van der Waals surface area contributed by atoms with Crippen LogP contribution >= 0.6 is 0 Å². The highest BCUT2D eigenvalue weighted by Crippen LogP contribution is 2.38. The minimum atomic E-state index is 0.0305. The monoisotopic (exact) mass is 391 g/mol. The summed E-state index contributed by atoms with van der Waals surface area (Å²) >= 11 is 0. The molecule has 0 radical (unpaired) electrons. The smallest absolute Gasteiger partial charge is 0.199 e. The lowest BCUT2D eigenvalue weighted by molar-refractivity contribution is 0.460. The number of pyridine rings is 2. The van der Waals surface area contributed by atoms with Gasteiger partial charge in [0.2, 0.25) is 0 Å². The van der Waals surface area contributed by atoms with Crippen molar-refractivity contribution < 1.29 is 5.11 Å². The molecule has 0 aliphatic carbocycles. The molecule has 0 saturated carbocycles. The largest absolute Gasteiger partial charge is 0.494 e. The van der Waals surface area contributed by atoms with Gasteiger partial charge in [0.05, 0.1) is 28.4 Å². The highest BCUT2D eigenvalue weighted by Gasteiger charge is 2.17. The Hall–Kier alpha value is -4.37. The predicted octanol–water partition coefficient (Wildman–Crippen LogP) is 4.97. The lowest BCUT2D eigenvalue weighted by Crippen LogP contribution is -2.01. The van der Waals surface area contributed by atoms with E-state index in [-0.39, 0.29) is 5.88 Å². The number of aromatic hydroxyl groups is 1. The van der Waals surface area contributed by atoms with Crippen molar-refractivity contribution in [1.82, 2.24) is 15.0 Å². The minimum absolute atomic E-state index is 0.0305. The number of benzene rings is 2. The maximum Gasteiger partial charge on any atom is 0.199 e.